The molecule has 4 aromatic rings. The summed E-state index contributed by atoms with van der Waals surface area (Å²) in [6.45, 7) is 1.62. The third-order valence-corrected chi connectivity index (χ3v) is 7.41. The number of hydrogen-bond acceptors (Lipinski definition) is 6. The number of hydrogen-bond donors (Lipinski definition) is 2. The summed E-state index contributed by atoms with van der Waals surface area (Å²) in [5, 5.41) is 0.00674. The second-order valence-corrected chi connectivity index (χ2v) is 10.2. The van der Waals surface area contributed by atoms with Gasteiger partial charge in [0.1, 0.15) is 5.82 Å². The zero-order valence-corrected chi connectivity index (χ0v) is 19.2. The third-order valence-electron chi connectivity index (χ3n) is 4.63. The van der Waals surface area contributed by atoms with Crippen molar-refractivity contribution in [3.63, 3.8) is 0 Å². The molecule has 0 saturated carbocycles. The monoisotopic (exact) mass is 488 g/mol. The fourth-order valence-corrected chi connectivity index (χ4v) is 5.79. The number of sulfonamides is 1. The maximum absolute atomic E-state index is 13.7. The average Bonchev–Trinajstić information content (AvgIpc) is 3.11. The van der Waals surface area contributed by atoms with Gasteiger partial charge < -0.3 is 5.73 Å². The quantitative estimate of drug-likeness (QED) is 0.384. The smallest absolute Gasteiger partial charge is 0.281 e. The van der Waals surface area contributed by atoms with Gasteiger partial charge in [0.25, 0.3) is 10.0 Å². The summed E-state index contributed by atoms with van der Waals surface area (Å²) in [5.74, 6) is -0.541. The lowest BCUT2D eigenvalue weighted by atomic mass is 10.1. The van der Waals surface area contributed by atoms with Gasteiger partial charge in [0.2, 0.25) is 0 Å². The first kappa shape index (κ1) is 22.2. The maximum Gasteiger partial charge on any atom is 0.281 e. The van der Waals surface area contributed by atoms with Crippen LogP contribution in [-0.2, 0) is 16.4 Å². The maximum atomic E-state index is 13.7. The Morgan fingerprint density at radius 2 is 1.91 bits per heavy atom. The van der Waals surface area contributed by atoms with E-state index >= 15 is 0 Å². The number of nitrogens with zero attached hydrogens (tertiary/aromatic N) is 2. The minimum atomic E-state index is -3.99. The number of pyridine rings is 1. The van der Waals surface area contributed by atoms with Crippen molar-refractivity contribution in [2.45, 2.75) is 18.4 Å². The van der Waals surface area contributed by atoms with Crippen LogP contribution in [0.3, 0.4) is 0 Å². The molecule has 10 heteroatoms. The Morgan fingerprint density at radius 3 is 2.59 bits per heavy atom. The molecule has 0 fully saturated rings. The molecule has 4 rings (SSSR count). The molecule has 0 bridgehead atoms. The highest BCUT2D eigenvalue weighted by Gasteiger charge is 2.23. The number of thiazole rings is 1. The van der Waals surface area contributed by atoms with Gasteiger partial charge in [-0.05, 0) is 42.3 Å². The SMILES string of the molecule is Cc1cc(N)cnc1S(=O)(=O)Nc1nc(-c2ccc(F)c(Cl)c2)c(Cc2ccccc2)s1. The van der Waals surface area contributed by atoms with Crippen LogP contribution in [0.15, 0.2) is 65.8 Å². The van der Waals surface area contributed by atoms with E-state index in [1.54, 1.807) is 13.0 Å². The zero-order valence-electron chi connectivity index (χ0n) is 16.8. The summed E-state index contributed by atoms with van der Waals surface area (Å²) in [6.07, 6.45) is 1.81. The molecule has 6 nitrogen and oxygen atoms in total. The highest BCUT2D eigenvalue weighted by molar-refractivity contribution is 7.92. The molecular weight excluding hydrogens is 471 g/mol. The first-order valence-electron chi connectivity index (χ1n) is 9.47. The Morgan fingerprint density at radius 1 is 1.16 bits per heavy atom. The number of aromatic nitrogens is 2. The Hall–Kier alpha value is -3.01. The lowest BCUT2D eigenvalue weighted by Crippen LogP contribution is -2.16. The van der Waals surface area contributed by atoms with Crippen LogP contribution in [0.4, 0.5) is 15.2 Å². The van der Waals surface area contributed by atoms with Crippen LogP contribution in [0.1, 0.15) is 16.0 Å². The number of nitrogens with two attached hydrogens (primary N) is 1. The van der Waals surface area contributed by atoms with Crippen LogP contribution in [0.2, 0.25) is 5.02 Å². The Labute approximate surface area is 194 Å². The molecule has 164 valence electrons. The number of nitrogen functional groups attached to an aromatic ring is 1. The molecule has 32 heavy (non-hydrogen) atoms. The minimum absolute atomic E-state index is 0.0370. The molecule has 0 radical (unpaired) electrons. The van der Waals surface area contributed by atoms with Gasteiger partial charge in [-0.1, -0.05) is 41.9 Å². The van der Waals surface area contributed by atoms with Gasteiger partial charge in [-0.2, -0.15) is 8.42 Å². The number of rotatable bonds is 6. The van der Waals surface area contributed by atoms with E-state index in [0.717, 1.165) is 10.4 Å². The fourth-order valence-electron chi connectivity index (χ4n) is 3.19. The van der Waals surface area contributed by atoms with E-state index in [4.69, 9.17) is 17.3 Å². The minimum Gasteiger partial charge on any atom is -0.397 e. The van der Waals surface area contributed by atoms with Crippen molar-refractivity contribution in [3.8, 4) is 11.3 Å². The van der Waals surface area contributed by atoms with E-state index in [1.165, 1.54) is 35.7 Å². The zero-order chi connectivity index (χ0) is 22.9. The molecule has 0 atom stereocenters. The summed E-state index contributed by atoms with van der Waals surface area (Å²) < 4.78 is 42.1. The number of halogens is 2. The first-order valence-corrected chi connectivity index (χ1v) is 12.1. The molecule has 0 amide bonds. The Kier molecular flexibility index (Phi) is 6.14. The van der Waals surface area contributed by atoms with Gasteiger partial charge in [0.05, 0.1) is 22.6 Å². The predicted octanol–water partition coefficient (Wildman–Crippen LogP) is 5.28. The number of benzene rings is 2. The summed E-state index contributed by atoms with van der Waals surface area (Å²) in [4.78, 5) is 9.27. The highest BCUT2D eigenvalue weighted by Crippen LogP contribution is 2.35. The average molecular weight is 489 g/mol. The molecular formula is C22H18ClFN4O2S2. The molecule has 0 aliphatic heterocycles. The van der Waals surface area contributed by atoms with Gasteiger partial charge >= 0.3 is 0 Å². The molecule has 3 N–H and O–H groups in total. The van der Waals surface area contributed by atoms with Crippen LogP contribution in [-0.4, -0.2) is 18.4 Å². The second kappa shape index (κ2) is 8.85. The topological polar surface area (TPSA) is 98.0 Å². The standard InChI is InChI=1S/C22H18ClFN4O2S2/c1-13-9-16(25)12-26-21(13)32(29,30)28-22-27-20(15-7-8-18(24)17(23)11-15)19(31-22)10-14-5-3-2-4-6-14/h2-9,11-12H,10,25H2,1H3,(H,27,28). The van der Waals surface area contributed by atoms with E-state index in [9.17, 15) is 12.8 Å². The second-order valence-electron chi connectivity index (χ2n) is 7.08. The molecule has 0 unspecified atom stereocenters. The predicted molar refractivity (Wildman–Crippen MR) is 126 cm³/mol. The highest BCUT2D eigenvalue weighted by atomic mass is 35.5. The number of nitrogens with one attached hydrogen (secondary N) is 1. The molecule has 0 aliphatic rings. The van der Waals surface area contributed by atoms with Gasteiger partial charge in [0.15, 0.2) is 10.2 Å². The van der Waals surface area contributed by atoms with Crippen LogP contribution in [0.5, 0.6) is 0 Å². The summed E-state index contributed by atoms with van der Waals surface area (Å²) in [7, 11) is -3.99. The molecule has 2 aromatic carbocycles. The van der Waals surface area contributed by atoms with E-state index in [2.05, 4.69) is 14.7 Å². The van der Waals surface area contributed by atoms with E-state index in [0.29, 0.717) is 28.9 Å². The lowest BCUT2D eigenvalue weighted by Gasteiger charge is -2.07. The molecule has 0 saturated heterocycles. The van der Waals surface area contributed by atoms with E-state index in [1.807, 2.05) is 30.3 Å². The summed E-state index contributed by atoms with van der Waals surface area (Å²) in [5.41, 5.74) is 8.61. The fraction of sp³-hybridized carbons (Fsp3) is 0.0909. The Bertz CT molecular complexity index is 1390. The van der Waals surface area contributed by atoms with Crippen molar-refractivity contribution in [1.82, 2.24) is 9.97 Å². The van der Waals surface area contributed by atoms with Gasteiger partial charge in [-0.3, -0.25) is 4.72 Å². The van der Waals surface area contributed by atoms with Crippen molar-refractivity contribution in [2.24, 2.45) is 0 Å². The van der Waals surface area contributed by atoms with Crippen molar-refractivity contribution in [2.75, 3.05) is 10.5 Å². The largest absolute Gasteiger partial charge is 0.397 e. The number of anilines is 2. The lowest BCUT2D eigenvalue weighted by molar-refractivity contribution is 0.597. The van der Waals surface area contributed by atoms with Gasteiger partial charge in [-0.15, -0.1) is 11.3 Å². The van der Waals surface area contributed by atoms with Crippen LogP contribution < -0.4 is 10.5 Å². The van der Waals surface area contributed by atoms with Crippen molar-refractivity contribution < 1.29 is 12.8 Å². The number of aryl methyl sites for hydroxylation is 1. The van der Waals surface area contributed by atoms with Crippen LogP contribution >= 0.6 is 22.9 Å². The van der Waals surface area contributed by atoms with Crippen LogP contribution in [0, 0.1) is 12.7 Å². The van der Waals surface area contributed by atoms with Gasteiger partial charge in [0, 0.05) is 16.9 Å². The van der Waals surface area contributed by atoms with Crippen molar-refractivity contribution >= 4 is 43.8 Å². The van der Waals surface area contributed by atoms with Gasteiger partial charge in [-0.25, -0.2) is 14.4 Å². The molecule has 0 aliphatic carbocycles. The summed E-state index contributed by atoms with van der Waals surface area (Å²) in [6, 6.07) is 15.5. The van der Waals surface area contributed by atoms with Crippen molar-refractivity contribution in [3.05, 3.63) is 87.6 Å². The van der Waals surface area contributed by atoms with Crippen LogP contribution in [0.25, 0.3) is 11.3 Å². The van der Waals surface area contributed by atoms with E-state index < -0.39 is 15.8 Å². The van der Waals surface area contributed by atoms with Crippen molar-refractivity contribution in [1.29, 1.82) is 0 Å². The Balaban J connectivity index is 1.75. The summed E-state index contributed by atoms with van der Waals surface area (Å²) >= 11 is 7.17. The normalized spacial score (nSPS) is 11.5. The molecule has 2 heterocycles. The van der Waals surface area contributed by atoms with E-state index in [-0.39, 0.29) is 15.2 Å². The molecule has 2 aromatic heterocycles. The first-order chi connectivity index (χ1) is 15.2. The molecule has 0 spiro atoms. The third kappa shape index (κ3) is 4.74.